The van der Waals surface area contributed by atoms with Gasteiger partial charge < -0.3 is 14.5 Å². The van der Waals surface area contributed by atoms with E-state index in [2.05, 4.69) is 86.0 Å². The molecule has 1 heterocycles. The largest absolute Gasteiger partial charge is 0.497 e. The fourth-order valence-corrected chi connectivity index (χ4v) is 5.69. The topological polar surface area (TPSA) is 32.8 Å². The summed E-state index contributed by atoms with van der Waals surface area (Å²) in [6, 6.07) is 17.5. The lowest BCUT2D eigenvalue weighted by Gasteiger charge is -2.36. The van der Waals surface area contributed by atoms with Gasteiger partial charge in [-0.2, -0.15) is 0 Å². The fraction of sp³-hybridized carbons (Fsp3) is 0.500. The highest BCUT2D eigenvalue weighted by Gasteiger charge is 2.40. The molecule has 0 aromatic heterocycles. The zero-order valence-corrected chi connectivity index (χ0v) is 21.3. The lowest BCUT2D eigenvalue weighted by molar-refractivity contribution is -0.127. The Labute approximate surface area is 205 Å². The van der Waals surface area contributed by atoms with Crippen LogP contribution in [0.5, 0.6) is 0 Å². The van der Waals surface area contributed by atoms with Crippen LogP contribution in [0.15, 0.2) is 60.4 Å². The van der Waals surface area contributed by atoms with E-state index in [4.69, 9.17) is 4.74 Å². The summed E-state index contributed by atoms with van der Waals surface area (Å²) in [5.41, 5.74) is 5.52. The highest BCUT2D eigenvalue weighted by Crippen LogP contribution is 2.41. The van der Waals surface area contributed by atoms with E-state index in [1.165, 1.54) is 11.4 Å². The predicted molar refractivity (Wildman–Crippen MR) is 142 cm³/mol. The van der Waals surface area contributed by atoms with Crippen molar-refractivity contribution in [2.24, 2.45) is 5.92 Å². The minimum Gasteiger partial charge on any atom is -0.497 e. The summed E-state index contributed by atoms with van der Waals surface area (Å²) in [6.07, 6.45) is 6.04. The van der Waals surface area contributed by atoms with Gasteiger partial charge in [-0.1, -0.05) is 30.7 Å². The molecule has 0 N–H and O–H groups in total. The quantitative estimate of drug-likeness (QED) is 0.425. The number of benzene rings is 2. The summed E-state index contributed by atoms with van der Waals surface area (Å²) in [7, 11) is 0. The third-order valence-corrected chi connectivity index (χ3v) is 7.71. The molecule has 2 aliphatic rings. The molecule has 0 bridgehead atoms. The Morgan fingerprint density at radius 2 is 1.24 bits per heavy atom. The number of ketones is 1. The van der Waals surface area contributed by atoms with Crippen LogP contribution in [0.1, 0.15) is 70.4 Å². The molecule has 0 amide bonds. The molecule has 1 aliphatic heterocycles. The van der Waals surface area contributed by atoms with E-state index >= 15 is 0 Å². The summed E-state index contributed by atoms with van der Waals surface area (Å²) in [6.45, 7) is 12.6. The molecule has 2 atom stereocenters. The second kappa shape index (κ2) is 11.1. The van der Waals surface area contributed by atoms with Crippen LogP contribution >= 0.6 is 0 Å². The van der Waals surface area contributed by atoms with Crippen LogP contribution in [0.4, 0.5) is 11.4 Å². The van der Waals surface area contributed by atoms with E-state index in [0.29, 0.717) is 0 Å². The standard InChI is InChI=1S/C30H40N2O2/c1-5-31(6-2)24-17-13-22(14-18-24)29(23-15-19-25(20-16-23)32(7-3)8-4)27-21-34-28-12-10-9-11-26(28)30(27)33/h13-21,26,28-29H,5-12H2,1-4H3. The number of anilines is 2. The summed E-state index contributed by atoms with van der Waals surface area (Å²) in [4.78, 5) is 18.4. The molecule has 2 unspecified atom stereocenters. The molecule has 182 valence electrons. The molecular weight excluding hydrogens is 420 g/mol. The number of nitrogens with zero attached hydrogens (tertiary/aromatic N) is 2. The number of rotatable bonds is 9. The van der Waals surface area contributed by atoms with Gasteiger partial charge >= 0.3 is 0 Å². The average Bonchev–Trinajstić information content (AvgIpc) is 2.89. The summed E-state index contributed by atoms with van der Waals surface area (Å²) in [5, 5.41) is 0. The number of hydrogen-bond donors (Lipinski definition) is 0. The first-order valence-corrected chi connectivity index (χ1v) is 13.2. The molecule has 1 saturated carbocycles. The average molecular weight is 461 g/mol. The van der Waals surface area contributed by atoms with Crippen LogP contribution < -0.4 is 9.80 Å². The number of carbonyl (C=O) groups is 1. The van der Waals surface area contributed by atoms with Gasteiger partial charge in [-0.05, 0) is 82.3 Å². The van der Waals surface area contributed by atoms with Crippen molar-refractivity contribution >= 4 is 17.2 Å². The first-order chi connectivity index (χ1) is 16.6. The Balaban J connectivity index is 1.72. The van der Waals surface area contributed by atoms with Crippen LogP contribution in [0.2, 0.25) is 0 Å². The summed E-state index contributed by atoms with van der Waals surface area (Å²) >= 11 is 0. The van der Waals surface area contributed by atoms with Crippen LogP contribution in [0.3, 0.4) is 0 Å². The molecule has 4 nitrogen and oxygen atoms in total. The third-order valence-electron chi connectivity index (χ3n) is 7.71. The van der Waals surface area contributed by atoms with Gasteiger partial charge in [-0.15, -0.1) is 0 Å². The first-order valence-electron chi connectivity index (χ1n) is 13.2. The molecule has 1 aliphatic carbocycles. The molecule has 2 aromatic rings. The van der Waals surface area contributed by atoms with E-state index in [0.717, 1.165) is 68.6 Å². The van der Waals surface area contributed by atoms with Crippen LogP contribution in [-0.2, 0) is 9.53 Å². The maximum absolute atomic E-state index is 13.7. The maximum Gasteiger partial charge on any atom is 0.169 e. The molecule has 2 aromatic carbocycles. The zero-order valence-electron chi connectivity index (χ0n) is 21.3. The molecule has 34 heavy (non-hydrogen) atoms. The summed E-state index contributed by atoms with van der Waals surface area (Å²) < 4.78 is 6.18. The van der Waals surface area contributed by atoms with Crippen LogP contribution in [-0.4, -0.2) is 38.1 Å². The first kappa shape index (κ1) is 24.4. The van der Waals surface area contributed by atoms with Gasteiger partial charge in [0.05, 0.1) is 12.2 Å². The van der Waals surface area contributed by atoms with Crippen molar-refractivity contribution in [1.82, 2.24) is 0 Å². The monoisotopic (exact) mass is 460 g/mol. The summed E-state index contributed by atoms with van der Waals surface area (Å²) in [5.74, 6) is 0.162. The minimum atomic E-state index is -0.119. The second-order valence-corrected chi connectivity index (χ2v) is 9.46. The number of ether oxygens (including phenoxy) is 1. The number of allylic oxidation sites excluding steroid dienone is 1. The predicted octanol–water partition coefficient (Wildman–Crippen LogP) is 6.55. The van der Waals surface area contributed by atoms with Gasteiger partial charge in [0, 0.05) is 49.0 Å². The van der Waals surface area contributed by atoms with E-state index < -0.39 is 0 Å². The van der Waals surface area contributed by atoms with Gasteiger partial charge in [0.25, 0.3) is 0 Å². The van der Waals surface area contributed by atoms with Crippen LogP contribution in [0, 0.1) is 5.92 Å². The molecule has 1 fully saturated rings. The second-order valence-electron chi connectivity index (χ2n) is 9.46. The number of fused-ring (bicyclic) bond motifs is 1. The lowest BCUT2D eigenvalue weighted by atomic mass is 9.74. The van der Waals surface area contributed by atoms with Gasteiger partial charge in [-0.25, -0.2) is 0 Å². The van der Waals surface area contributed by atoms with Crippen molar-refractivity contribution in [3.05, 3.63) is 71.5 Å². The van der Waals surface area contributed by atoms with Crippen molar-refractivity contribution in [1.29, 1.82) is 0 Å². The molecule has 0 radical (unpaired) electrons. The Kier molecular flexibility index (Phi) is 7.97. The van der Waals surface area contributed by atoms with Crippen LogP contribution in [0.25, 0.3) is 0 Å². The molecule has 4 rings (SSSR count). The Bertz CT molecular complexity index is 916. The highest BCUT2D eigenvalue weighted by atomic mass is 16.5. The van der Waals surface area contributed by atoms with E-state index in [1.807, 2.05) is 0 Å². The number of carbonyl (C=O) groups excluding carboxylic acids is 1. The molecular formula is C30H40N2O2. The van der Waals surface area contributed by atoms with Gasteiger partial charge in [0.15, 0.2) is 5.78 Å². The molecule has 0 saturated heterocycles. The van der Waals surface area contributed by atoms with Gasteiger partial charge in [0.1, 0.15) is 6.10 Å². The highest BCUT2D eigenvalue weighted by molar-refractivity contribution is 6.00. The Hall–Kier alpha value is -2.75. The van der Waals surface area contributed by atoms with Gasteiger partial charge in [0.2, 0.25) is 0 Å². The van der Waals surface area contributed by atoms with Crippen molar-refractivity contribution in [2.75, 3.05) is 36.0 Å². The van der Waals surface area contributed by atoms with Gasteiger partial charge in [-0.3, -0.25) is 4.79 Å². The van der Waals surface area contributed by atoms with E-state index in [-0.39, 0.29) is 23.7 Å². The number of hydrogen-bond acceptors (Lipinski definition) is 4. The Morgan fingerprint density at radius 1 is 0.765 bits per heavy atom. The van der Waals surface area contributed by atoms with Crippen molar-refractivity contribution < 1.29 is 9.53 Å². The zero-order chi connectivity index (χ0) is 24.1. The minimum absolute atomic E-state index is 0.00106. The molecule has 0 spiro atoms. The normalized spacial score (nSPS) is 19.9. The fourth-order valence-electron chi connectivity index (χ4n) is 5.69. The van der Waals surface area contributed by atoms with Crippen molar-refractivity contribution in [2.45, 2.75) is 65.4 Å². The lowest BCUT2D eigenvalue weighted by Crippen LogP contribution is -2.38. The van der Waals surface area contributed by atoms with Crippen molar-refractivity contribution in [3.63, 3.8) is 0 Å². The van der Waals surface area contributed by atoms with E-state index in [9.17, 15) is 4.79 Å². The Morgan fingerprint density at radius 3 is 1.71 bits per heavy atom. The van der Waals surface area contributed by atoms with E-state index in [1.54, 1.807) is 6.26 Å². The molecule has 4 heteroatoms. The number of Topliss-reactive ketones (excluding diaryl/α,β-unsaturated/α-hetero) is 1. The van der Waals surface area contributed by atoms with Crippen molar-refractivity contribution in [3.8, 4) is 0 Å². The third kappa shape index (κ3) is 4.87. The smallest absolute Gasteiger partial charge is 0.169 e. The SMILES string of the molecule is CCN(CC)c1ccc(C(C2=COC3CCCCC3C2=O)c2ccc(N(CC)CC)cc2)cc1. The maximum atomic E-state index is 13.7.